The number of likely N-dealkylation sites (N-methyl/N-ethyl adjacent to an activating group) is 1. The molecule has 1 aromatic carbocycles. The average Bonchev–Trinajstić information content (AvgIpc) is 2.86. The van der Waals surface area contributed by atoms with Crippen LogP contribution in [0.3, 0.4) is 0 Å². The van der Waals surface area contributed by atoms with Gasteiger partial charge < -0.3 is 19.9 Å². The highest BCUT2D eigenvalue weighted by Crippen LogP contribution is 2.36. The lowest BCUT2D eigenvalue weighted by atomic mass is 10.1. The van der Waals surface area contributed by atoms with Crippen molar-refractivity contribution >= 4 is 17.0 Å². The lowest BCUT2D eigenvalue weighted by Gasteiger charge is -2.15. The van der Waals surface area contributed by atoms with Crippen molar-refractivity contribution in [1.29, 1.82) is 0 Å². The van der Waals surface area contributed by atoms with Crippen LogP contribution in [0, 0.1) is 0 Å². The van der Waals surface area contributed by atoms with Crippen LogP contribution >= 0.6 is 0 Å². The topological polar surface area (TPSA) is 56.3 Å². The van der Waals surface area contributed by atoms with E-state index in [1.807, 2.05) is 12.1 Å². The third-order valence-electron chi connectivity index (χ3n) is 3.61. The predicted molar refractivity (Wildman–Crippen MR) is 76.5 cm³/mol. The second-order valence-electron chi connectivity index (χ2n) is 5.33. The van der Waals surface area contributed by atoms with Gasteiger partial charge >= 0.3 is 0 Å². The minimum absolute atomic E-state index is 0.219. The Kier molecular flexibility index (Phi) is 2.86. The average molecular weight is 260 g/mol. The number of rotatable bonds is 3. The van der Waals surface area contributed by atoms with Crippen LogP contribution < -0.4 is 10.5 Å². The van der Waals surface area contributed by atoms with Crippen LogP contribution in [-0.4, -0.2) is 41.2 Å². The Bertz CT molecular complexity index is 617. The first-order chi connectivity index (χ1) is 9.10. The molecule has 1 aliphatic heterocycles. The number of hydrogen-bond donors (Lipinski definition) is 1. The minimum atomic E-state index is 0.219. The van der Waals surface area contributed by atoms with Gasteiger partial charge in [-0.3, -0.25) is 0 Å². The zero-order valence-corrected chi connectivity index (χ0v) is 11.7. The van der Waals surface area contributed by atoms with Gasteiger partial charge in [-0.25, -0.2) is 4.98 Å². The lowest BCUT2D eigenvalue weighted by molar-refractivity contribution is 0.184. The zero-order chi connectivity index (χ0) is 13.6. The molecule has 0 spiro atoms. The molecule has 19 heavy (non-hydrogen) atoms. The second kappa shape index (κ2) is 4.42. The Balaban J connectivity index is 2.07. The molecule has 1 atom stereocenters. The zero-order valence-electron chi connectivity index (χ0n) is 11.7. The number of ether oxygens (including phenoxy) is 1. The molecule has 3 rings (SSSR count). The fourth-order valence-corrected chi connectivity index (χ4v) is 2.88. The quantitative estimate of drug-likeness (QED) is 0.908. The highest BCUT2D eigenvalue weighted by molar-refractivity contribution is 5.84. The third-order valence-corrected chi connectivity index (χ3v) is 3.61. The van der Waals surface area contributed by atoms with E-state index in [0.717, 1.165) is 36.3 Å². The minimum Gasteiger partial charge on any atom is -0.488 e. The number of aromatic nitrogens is 2. The molecule has 2 N–H and O–H groups in total. The number of nitrogens with two attached hydrogens (primary N) is 1. The summed E-state index contributed by atoms with van der Waals surface area (Å²) in [6, 6.07) is 4.01. The molecule has 0 aliphatic carbocycles. The summed E-state index contributed by atoms with van der Waals surface area (Å²) in [5.74, 6) is 1.57. The Morgan fingerprint density at radius 1 is 1.47 bits per heavy atom. The Morgan fingerprint density at radius 3 is 2.95 bits per heavy atom. The third kappa shape index (κ3) is 1.94. The van der Waals surface area contributed by atoms with Gasteiger partial charge in [0.05, 0.1) is 11.0 Å². The second-order valence-corrected chi connectivity index (χ2v) is 5.33. The summed E-state index contributed by atoms with van der Waals surface area (Å²) in [6.45, 7) is 3.84. The number of fused-ring (bicyclic) bond motifs is 3. The van der Waals surface area contributed by atoms with Gasteiger partial charge in [0.2, 0.25) is 5.95 Å². The number of anilines is 1. The van der Waals surface area contributed by atoms with Crippen molar-refractivity contribution in [3.63, 3.8) is 0 Å². The molecule has 0 radical (unpaired) electrons. The molecule has 1 unspecified atom stereocenters. The predicted octanol–water partition coefficient (Wildman–Crippen LogP) is 1.50. The molecule has 0 fully saturated rings. The smallest absolute Gasteiger partial charge is 0.201 e. The van der Waals surface area contributed by atoms with E-state index in [4.69, 9.17) is 10.5 Å². The van der Waals surface area contributed by atoms with Crippen LogP contribution in [0.4, 0.5) is 5.95 Å². The molecule has 0 amide bonds. The van der Waals surface area contributed by atoms with Gasteiger partial charge in [0.25, 0.3) is 0 Å². The van der Waals surface area contributed by atoms with Crippen molar-refractivity contribution in [2.24, 2.45) is 0 Å². The maximum atomic E-state index is 6.01. The number of benzene rings is 1. The van der Waals surface area contributed by atoms with Gasteiger partial charge in [0, 0.05) is 25.1 Å². The van der Waals surface area contributed by atoms with Crippen molar-refractivity contribution in [2.75, 3.05) is 26.4 Å². The lowest BCUT2D eigenvalue weighted by Crippen LogP contribution is -2.29. The first kappa shape index (κ1) is 12.3. The first-order valence-electron chi connectivity index (χ1n) is 6.69. The Morgan fingerprint density at radius 2 is 2.26 bits per heavy atom. The number of nitrogen functional groups attached to an aromatic ring is 1. The summed E-state index contributed by atoms with van der Waals surface area (Å²) < 4.78 is 8.08. The van der Waals surface area contributed by atoms with Crippen LogP contribution in [0.5, 0.6) is 5.75 Å². The summed E-state index contributed by atoms with van der Waals surface area (Å²) in [5.41, 5.74) is 9.32. The summed E-state index contributed by atoms with van der Waals surface area (Å²) >= 11 is 0. The molecular weight excluding hydrogens is 240 g/mol. The van der Waals surface area contributed by atoms with Gasteiger partial charge in [-0.1, -0.05) is 0 Å². The van der Waals surface area contributed by atoms with Crippen LogP contribution in [0.1, 0.15) is 12.5 Å². The molecule has 102 valence electrons. The molecule has 0 saturated carbocycles. The van der Waals surface area contributed by atoms with Gasteiger partial charge in [0.15, 0.2) is 0 Å². The van der Waals surface area contributed by atoms with Crippen molar-refractivity contribution in [1.82, 2.24) is 14.5 Å². The van der Waals surface area contributed by atoms with Gasteiger partial charge in [-0.2, -0.15) is 0 Å². The largest absolute Gasteiger partial charge is 0.488 e. The maximum Gasteiger partial charge on any atom is 0.201 e. The van der Waals surface area contributed by atoms with Crippen LogP contribution in [0.15, 0.2) is 12.1 Å². The Hall–Kier alpha value is -1.75. The number of nitrogens with zero attached hydrogens (tertiary/aromatic N) is 3. The van der Waals surface area contributed by atoms with Crippen molar-refractivity contribution < 1.29 is 4.74 Å². The van der Waals surface area contributed by atoms with Gasteiger partial charge in [-0.15, -0.1) is 0 Å². The van der Waals surface area contributed by atoms with Crippen LogP contribution in [-0.2, 0) is 13.0 Å². The normalized spacial score (nSPS) is 18.0. The van der Waals surface area contributed by atoms with E-state index in [1.54, 1.807) is 0 Å². The summed E-state index contributed by atoms with van der Waals surface area (Å²) in [4.78, 5) is 6.57. The maximum absolute atomic E-state index is 6.01. The van der Waals surface area contributed by atoms with Crippen LogP contribution in [0.25, 0.3) is 11.0 Å². The number of aryl methyl sites for hydroxylation is 1. The van der Waals surface area contributed by atoms with E-state index in [2.05, 4.69) is 35.5 Å². The van der Waals surface area contributed by atoms with Gasteiger partial charge in [-0.05, 0) is 33.2 Å². The molecule has 1 aliphatic rings. The van der Waals surface area contributed by atoms with Gasteiger partial charge in [0.1, 0.15) is 11.9 Å². The highest BCUT2D eigenvalue weighted by Gasteiger charge is 2.27. The first-order valence-corrected chi connectivity index (χ1v) is 6.69. The highest BCUT2D eigenvalue weighted by atomic mass is 16.5. The summed E-state index contributed by atoms with van der Waals surface area (Å²) in [7, 11) is 4.13. The van der Waals surface area contributed by atoms with E-state index in [9.17, 15) is 0 Å². The molecule has 0 saturated heterocycles. The molecule has 0 bridgehead atoms. The van der Waals surface area contributed by atoms with E-state index in [-0.39, 0.29) is 6.10 Å². The number of hydrogen-bond acceptors (Lipinski definition) is 4. The Labute approximate surface area is 113 Å². The van der Waals surface area contributed by atoms with E-state index in [0.29, 0.717) is 5.95 Å². The summed E-state index contributed by atoms with van der Waals surface area (Å²) in [5, 5.41) is 0. The molecule has 5 nitrogen and oxygen atoms in total. The SMILES string of the molecule is CCn1c(N)nc2ccc3c(c21)CC(CN(C)C)O3. The van der Waals surface area contributed by atoms with E-state index < -0.39 is 0 Å². The molecule has 2 heterocycles. The molecular formula is C14H20N4O. The molecule has 2 aromatic rings. The van der Waals surface area contributed by atoms with E-state index >= 15 is 0 Å². The summed E-state index contributed by atoms with van der Waals surface area (Å²) in [6.07, 6.45) is 1.15. The monoisotopic (exact) mass is 260 g/mol. The van der Waals surface area contributed by atoms with Crippen molar-refractivity contribution in [3.8, 4) is 5.75 Å². The van der Waals surface area contributed by atoms with E-state index in [1.165, 1.54) is 5.56 Å². The molecule has 1 aromatic heterocycles. The standard InChI is InChI=1S/C14H20N4O/c1-4-18-13-10-7-9(8-17(2)3)19-12(10)6-5-11(13)16-14(18)15/h5-6,9H,4,7-8H2,1-3H3,(H2,15,16). The fourth-order valence-electron chi connectivity index (χ4n) is 2.88. The number of imidazole rings is 1. The molecule has 5 heteroatoms. The fraction of sp³-hybridized carbons (Fsp3) is 0.500. The van der Waals surface area contributed by atoms with Crippen molar-refractivity contribution in [3.05, 3.63) is 17.7 Å². The van der Waals surface area contributed by atoms with Crippen molar-refractivity contribution in [2.45, 2.75) is 26.0 Å². The van der Waals surface area contributed by atoms with Crippen LogP contribution in [0.2, 0.25) is 0 Å².